The molecule has 0 unspecified atom stereocenters. The summed E-state index contributed by atoms with van der Waals surface area (Å²) in [6, 6.07) is 5.15. The van der Waals surface area contributed by atoms with Crippen molar-refractivity contribution in [3.63, 3.8) is 0 Å². The van der Waals surface area contributed by atoms with E-state index in [2.05, 4.69) is 12.2 Å². The standard InChI is InChI=1S/C16H27FN2O/c1-5-10-18-11-13-8-7-9-14(17)15(13)19(6-2)12-16(3,4)20/h7-9,18,20H,5-6,10-12H2,1-4H3. The maximum absolute atomic E-state index is 14.2. The fourth-order valence-corrected chi connectivity index (χ4v) is 2.27. The van der Waals surface area contributed by atoms with Crippen LogP contribution in [0.15, 0.2) is 18.2 Å². The van der Waals surface area contributed by atoms with Crippen molar-refractivity contribution in [3.05, 3.63) is 29.6 Å². The summed E-state index contributed by atoms with van der Waals surface area (Å²) in [5.74, 6) is -0.230. The molecule has 0 amide bonds. The van der Waals surface area contributed by atoms with Crippen LogP contribution in [0.4, 0.5) is 10.1 Å². The molecule has 0 saturated carbocycles. The summed E-state index contributed by atoms with van der Waals surface area (Å²) in [7, 11) is 0. The topological polar surface area (TPSA) is 35.5 Å². The molecule has 4 heteroatoms. The van der Waals surface area contributed by atoms with Crippen LogP contribution in [0.3, 0.4) is 0 Å². The van der Waals surface area contributed by atoms with E-state index in [1.165, 1.54) is 6.07 Å². The Bertz CT molecular complexity index is 415. The van der Waals surface area contributed by atoms with E-state index in [1.54, 1.807) is 19.9 Å². The summed E-state index contributed by atoms with van der Waals surface area (Å²) in [5, 5.41) is 13.3. The third kappa shape index (κ3) is 5.10. The van der Waals surface area contributed by atoms with Crippen molar-refractivity contribution < 1.29 is 9.50 Å². The van der Waals surface area contributed by atoms with Gasteiger partial charge in [-0.25, -0.2) is 4.39 Å². The van der Waals surface area contributed by atoms with Gasteiger partial charge in [0.2, 0.25) is 0 Å². The molecule has 1 rings (SSSR count). The molecular formula is C16H27FN2O. The minimum atomic E-state index is -0.855. The molecule has 114 valence electrons. The Morgan fingerprint density at radius 1 is 1.30 bits per heavy atom. The lowest BCUT2D eigenvalue weighted by Gasteiger charge is -2.31. The number of nitrogens with one attached hydrogen (secondary N) is 1. The maximum atomic E-state index is 14.2. The Kier molecular flexibility index (Phi) is 6.43. The first kappa shape index (κ1) is 16.9. The number of anilines is 1. The van der Waals surface area contributed by atoms with Gasteiger partial charge in [0.25, 0.3) is 0 Å². The number of para-hydroxylation sites is 1. The van der Waals surface area contributed by atoms with Gasteiger partial charge in [0, 0.05) is 19.6 Å². The van der Waals surface area contributed by atoms with Crippen molar-refractivity contribution in [1.29, 1.82) is 0 Å². The quantitative estimate of drug-likeness (QED) is 0.720. The van der Waals surface area contributed by atoms with Gasteiger partial charge in [0.05, 0.1) is 11.3 Å². The Morgan fingerprint density at radius 2 is 2.00 bits per heavy atom. The monoisotopic (exact) mass is 282 g/mol. The van der Waals surface area contributed by atoms with Crippen molar-refractivity contribution in [1.82, 2.24) is 5.32 Å². The van der Waals surface area contributed by atoms with Gasteiger partial charge in [-0.15, -0.1) is 0 Å². The van der Waals surface area contributed by atoms with Gasteiger partial charge in [-0.1, -0.05) is 19.1 Å². The summed E-state index contributed by atoms with van der Waals surface area (Å²) < 4.78 is 14.2. The molecule has 0 aromatic heterocycles. The normalized spacial score (nSPS) is 11.7. The molecule has 0 saturated heterocycles. The molecule has 1 aromatic rings. The van der Waals surface area contributed by atoms with Crippen LogP contribution in [0.1, 0.15) is 39.7 Å². The first-order valence-electron chi connectivity index (χ1n) is 7.34. The number of hydrogen-bond donors (Lipinski definition) is 2. The largest absolute Gasteiger partial charge is 0.389 e. The molecule has 0 aliphatic rings. The molecule has 0 spiro atoms. The third-order valence-corrected chi connectivity index (χ3v) is 3.09. The first-order valence-corrected chi connectivity index (χ1v) is 7.34. The Labute approximate surface area is 121 Å². The molecule has 1 aromatic carbocycles. The van der Waals surface area contributed by atoms with E-state index in [4.69, 9.17) is 0 Å². The molecule has 20 heavy (non-hydrogen) atoms. The lowest BCUT2D eigenvalue weighted by Crippen LogP contribution is -2.39. The lowest BCUT2D eigenvalue weighted by atomic mass is 10.1. The number of halogens is 1. The van der Waals surface area contributed by atoms with E-state index < -0.39 is 5.60 Å². The molecule has 2 N–H and O–H groups in total. The van der Waals surface area contributed by atoms with Gasteiger partial charge < -0.3 is 15.3 Å². The van der Waals surface area contributed by atoms with Crippen LogP contribution in [-0.4, -0.2) is 30.3 Å². The molecule has 0 aliphatic carbocycles. The van der Waals surface area contributed by atoms with E-state index in [1.807, 2.05) is 17.9 Å². The number of aliphatic hydroxyl groups is 1. The molecule has 3 nitrogen and oxygen atoms in total. The first-order chi connectivity index (χ1) is 9.39. The average molecular weight is 282 g/mol. The Morgan fingerprint density at radius 3 is 2.55 bits per heavy atom. The smallest absolute Gasteiger partial charge is 0.146 e. The molecule has 0 bridgehead atoms. The van der Waals surface area contributed by atoms with Crippen molar-refractivity contribution in [3.8, 4) is 0 Å². The Balaban J connectivity index is 3.00. The summed E-state index contributed by atoms with van der Waals surface area (Å²) in [5.41, 5.74) is 0.678. The highest BCUT2D eigenvalue weighted by Gasteiger charge is 2.21. The van der Waals surface area contributed by atoms with E-state index in [0.717, 1.165) is 18.5 Å². The van der Waals surface area contributed by atoms with Gasteiger partial charge in [-0.2, -0.15) is 0 Å². The summed E-state index contributed by atoms with van der Waals surface area (Å²) in [6.07, 6.45) is 1.05. The summed E-state index contributed by atoms with van der Waals surface area (Å²) in [4.78, 5) is 1.90. The van der Waals surface area contributed by atoms with Gasteiger partial charge in [-0.05, 0) is 45.4 Å². The van der Waals surface area contributed by atoms with E-state index in [-0.39, 0.29) is 5.82 Å². The number of benzene rings is 1. The second kappa shape index (κ2) is 7.60. The summed E-state index contributed by atoms with van der Waals surface area (Å²) >= 11 is 0. The minimum absolute atomic E-state index is 0.230. The molecule has 0 atom stereocenters. The molecular weight excluding hydrogens is 255 g/mol. The van der Waals surface area contributed by atoms with E-state index in [9.17, 15) is 9.50 Å². The number of nitrogens with zero attached hydrogens (tertiary/aromatic N) is 1. The van der Waals surface area contributed by atoms with Crippen molar-refractivity contribution in [2.24, 2.45) is 0 Å². The van der Waals surface area contributed by atoms with Gasteiger partial charge in [0.1, 0.15) is 5.82 Å². The zero-order valence-corrected chi connectivity index (χ0v) is 13.0. The predicted molar refractivity (Wildman–Crippen MR) is 82.6 cm³/mol. The number of likely N-dealkylation sites (N-methyl/N-ethyl adjacent to an activating group) is 1. The van der Waals surface area contributed by atoms with Crippen LogP contribution >= 0.6 is 0 Å². The highest BCUT2D eigenvalue weighted by atomic mass is 19.1. The van der Waals surface area contributed by atoms with Crippen LogP contribution in [0.25, 0.3) is 0 Å². The molecule has 0 radical (unpaired) electrons. The maximum Gasteiger partial charge on any atom is 0.146 e. The van der Waals surface area contributed by atoms with Crippen LogP contribution in [-0.2, 0) is 6.54 Å². The molecule has 0 heterocycles. The average Bonchev–Trinajstić information content (AvgIpc) is 2.36. The van der Waals surface area contributed by atoms with Gasteiger partial charge >= 0.3 is 0 Å². The second-order valence-electron chi connectivity index (χ2n) is 5.75. The van der Waals surface area contributed by atoms with Crippen LogP contribution in [0.5, 0.6) is 0 Å². The number of rotatable bonds is 8. The highest BCUT2D eigenvalue weighted by Crippen LogP contribution is 2.26. The lowest BCUT2D eigenvalue weighted by molar-refractivity contribution is 0.0874. The summed E-state index contributed by atoms with van der Waals surface area (Å²) in [6.45, 7) is 10.2. The second-order valence-corrected chi connectivity index (χ2v) is 5.75. The minimum Gasteiger partial charge on any atom is -0.389 e. The van der Waals surface area contributed by atoms with E-state index >= 15 is 0 Å². The van der Waals surface area contributed by atoms with Crippen LogP contribution < -0.4 is 10.2 Å². The third-order valence-electron chi connectivity index (χ3n) is 3.09. The molecule has 0 fully saturated rings. The zero-order valence-electron chi connectivity index (χ0n) is 13.0. The fourth-order valence-electron chi connectivity index (χ4n) is 2.27. The number of hydrogen-bond acceptors (Lipinski definition) is 3. The highest BCUT2D eigenvalue weighted by molar-refractivity contribution is 5.55. The predicted octanol–water partition coefficient (Wildman–Crippen LogP) is 2.92. The van der Waals surface area contributed by atoms with Gasteiger partial charge in [-0.3, -0.25) is 0 Å². The van der Waals surface area contributed by atoms with Crippen molar-refractivity contribution >= 4 is 5.69 Å². The van der Waals surface area contributed by atoms with Crippen molar-refractivity contribution in [2.45, 2.75) is 46.3 Å². The van der Waals surface area contributed by atoms with Gasteiger partial charge in [0.15, 0.2) is 0 Å². The molecule has 0 aliphatic heterocycles. The SMILES string of the molecule is CCCNCc1cccc(F)c1N(CC)CC(C)(C)O. The Hall–Kier alpha value is -1.13. The van der Waals surface area contributed by atoms with E-state index in [0.29, 0.717) is 25.3 Å². The van der Waals surface area contributed by atoms with Crippen molar-refractivity contribution in [2.75, 3.05) is 24.5 Å². The van der Waals surface area contributed by atoms with Crippen LogP contribution in [0.2, 0.25) is 0 Å². The van der Waals surface area contributed by atoms with Crippen LogP contribution in [0, 0.1) is 5.82 Å². The zero-order chi connectivity index (χ0) is 15.2. The fraction of sp³-hybridized carbons (Fsp3) is 0.625.